The number of methoxy groups -OCH3 is 3. The predicted octanol–water partition coefficient (Wildman–Crippen LogP) is 0.623. The van der Waals surface area contributed by atoms with Crippen LogP contribution in [0.5, 0.6) is 11.5 Å². The number of ether oxygens (including phenoxy) is 3. The first-order chi connectivity index (χ1) is 14.1. The van der Waals surface area contributed by atoms with E-state index in [0.29, 0.717) is 56.4 Å². The quantitative estimate of drug-likeness (QED) is 0.646. The fraction of sp³-hybridized carbons (Fsp3) is 0.579. The van der Waals surface area contributed by atoms with E-state index in [-0.39, 0.29) is 17.9 Å². The van der Waals surface area contributed by atoms with Crippen LogP contribution in [0.3, 0.4) is 0 Å². The van der Waals surface area contributed by atoms with Gasteiger partial charge in [-0.2, -0.15) is 0 Å². The molecule has 1 aromatic heterocycles. The molecule has 1 aromatic carbocycles. The number of benzene rings is 1. The molecule has 29 heavy (non-hydrogen) atoms. The summed E-state index contributed by atoms with van der Waals surface area (Å²) >= 11 is 0. The van der Waals surface area contributed by atoms with Crippen molar-refractivity contribution in [2.75, 3.05) is 41.0 Å². The highest BCUT2D eigenvalue weighted by Gasteiger charge is 2.33. The number of nitrogens with zero attached hydrogens (tertiary/aromatic N) is 5. The van der Waals surface area contributed by atoms with Crippen molar-refractivity contribution in [1.29, 1.82) is 0 Å². The van der Waals surface area contributed by atoms with Crippen LogP contribution in [0.2, 0.25) is 0 Å². The number of rotatable bonds is 9. The number of tetrazole rings is 1. The van der Waals surface area contributed by atoms with Gasteiger partial charge in [-0.1, -0.05) is 6.07 Å². The summed E-state index contributed by atoms with van der Waals surface area (Å²) in [5.41, 5.74) is 6.49. The number of hydrogen-bond donors (Lipinski definition) is 1. The molecule has 10 heteroatoms. The summed E-state index contributed by atoms with van der Waals surface area (Å²) < 4.78 is 17.8. The van der Waals surface area contributed by atoms with Crippen molar-refractivity contribution in [2.45, 2.75) is 25.4 Å². The summed E-state index contributed by atoms with van der Waals surface area (Å²) in [4.78, 5) is 13.9. The Bertz CT molecular complexity index is 819. The summed E-state index contributed by atoms with van der Waals surface area (Å²) in [6, 6.07) is 5.61. The van der Waals surface area contributed by atoms with Gasteiger partial charge in [0, 0.05) is 13.0 Å². The molecule has 158 valence electrons. The van der Waals surface area contributed by atoms with Gasteiger partial charge in [0.2, 0.25) is 5.91 Å². The Morgan fingerprint density at radius 3 is 2.55 bits per heavy atom. The van der Waals surface area contributed by atoms with E-state index in [1.165, 1.54) is 0 Å². The molecule has 1 aliphatic rings. The monoisotopic (exact) mass is 404 g/mol. The first-order valence-corrected chi connectivity index (χ1v) is 9.59. The molecule has 1 fully saturated rings. The number of nitrogens with two attached hydrogens (primary N) is 1. The van der Waals surface area contributed by atoms with Gasteiger partial charge in [0.1, 0.15) is 0 Å². The van der Waals surface area contributed by atoms with Gasteiger partial charge >= 0.3 is 0 Å². The Balaban J connectivity index is 1.97. The zero-order valence-corrected chi connectivity index (χ0v) is 17.1. The van der Waals surface area contributed by atoms with Crippen molar-refractivity contribution in [1.82, 2.24) is 25.1 Å². The van der Waals surface area contributed by atoms with Crippen LogP contribution >= 0.6 is 0 Å². The van der Waals surface area contributed by atoms with Crippen molar-refractivity contribution in [2.24, 2.45) is 11.7 Å². The minimum atomic E-state index is -0.239. The first kappa shape index (κ1) is 21.0. The zero-order valence-electron chi connectivity index (χ0n) is 17.1. The lowest BCUT2D eigenvalue weighted by Crippen LogP contribution is -2.41. The highest BCUT2D eigenvalue weighted by molar-refractivity contribution is 5.76. The van der Waals surface area contributed by atoms with Gasteiger partial charge < -0.3 is 19.9 Å². The minimum absolute atomic E-state index is 0.0956. The van der Waals surface area contributed by atoms with Crippen LogP contribution < -0.4 is 15.2 Å². The Morgan fingerprint density at radius 1 is 1.21 bits per heavy atom. The van der Waals surface area contributed by atoms with E-state index in [1.807, 2.05) is 18.2 Å². The molecule has 1 saturated heterocycles. The maximum absolute atomic E-state index is 11.6. The molecule has 1 unspecified atom stereocenters. The standard InChI is InChI=1S/C19H28N6O4/c1-27-11-10-25-19(21-22-23-25)17(24-8-6-13(7-9-24)18(20)26)14-4-5-15(28-2)16(12-14)29-3/h4-5,12-13,17H,6-11H2,1-3H3,(H2,20,26). The van der Waals surface area contributed by atoms with Gasteiger partial charge in [-0.25, -0.2) is 4.68 Å². The molecule has 0 radical (unpaired) electrons. The van der Waals surface area contributed by atoms with Gasteiger partial charge in [0.05, 0.1) is 33.4 Å². The van der Waals surface area contributed by atoms with Crippen molar-refractivity contribution in [3.05, 3.63) is 29.6 Å². The lowest BCUT2D eigenvalue weighted by Gasteiger charge is -2.36. The van der Waals surface area contributed by atoms with Gasteiger partial charge in [-0.15, -0.1) is 5.10 Å². The highest BCUT2D eigenvalue weighted by Crippen LogP contribution is 2.36. The van der Waals surface area contributed by atoms with E-state index in [1.54, 1.807) is 26.0 Å². The summed E-state index contributed by atoms with van der Waals surface area (Å²) in [5.74, 6) is 1.67. The third kappa shape index (κ3) is 4.65. The predicted molar refractivity (Wildman–Crippen MR) is 105 cm³/mol. The molecule has 1 atom stereocenters. The van der Waals surface area contributed by atoms with Crippen LogP contribution in [0.4, 0.5) is 0 Å². The second-order valence-electron chi connectivity index (χ2n) is 6.98. The maximum atomic E-state index is 11.6. The molecule has 0 aliphatic carbocycles. The molecule has 1 aliphatic heterocycles. The molecule has 3 rings (SSSR count). The second kappa shape index (κ2) is 9.66. The Labute approximate surface area is 169 Å². The molecule has 0 saturated carbocycles. The number of amides is 1. The Morgan fingerprint density at radius 2 is 1.93 bits per heavy atom. The fourth-order valence-corrected chi connectivity index (χ4v) is 3.73. The molecule has 2 N–H and O–H groups in total. The van der Waals surface area contributed by atoms with Gasteiger partial charge in [-0.3, -0.25) is 9.69 Å². The number of aromatic nitrogens is 4. The largest absolute Gasteiger partial charge is 0.493 e. The average Bonchev–Trinajstić information content (AvgIpc) is 3.20. The Kier molecular flexibility index (Phi) is 6.99. The molecule has 10 nitrogen and oxygen atoms in total. The van der Waals surface area contributed by atoms with Crippen LogP contribution in [0.25, 0.3) is 0 Å². The van der Waals surface area contributed by atoms with Crippen LogP contribution in [0, 0.1) is 5.92 Å². The molecular formula is C19H28N6O4. The van der Waals surface area contributed by atoms with Crippen molar-refractivity contribution >= 4 is 5.91 Å². The molecule has 1 amide bonds. The first-order valence-electron chi connectivity index (χ1n) is 9.59. The van der Waals surface area contributed by atoms with Crippen molar-refractivity contribution in [3.8, 4) is 11.5 Å². The topological polar surface area (TPSA) is 118 Å². The normalized spacial score (nSPS) is 16.5. The van der Waals surface area contributed by atoms with E-state index in [4.69, 9.17) is 19.9 Å². The lowest BCUT2D eigenvalue weighted by atomic mass is 9.93. The second-order valence-corrected chi connectivity index (χ2v) is 6.98. The maximum Gasteiger partial charge on any atom is 0.220 e. The van der Waals surface area contributed by atoms with Gasteiger partial charge in [-0.05, 0) is 54.1 Å². The summed E-state index contributed by atoms with van der Waals surface area (Å²) in [7, 11) is 4.86. The van der Waals surface area contributed by atoms with Gasteiger partial charge in [0.25, 0.3) is 0 Å². The van der Waals surface area contributed by atoms with E-state index >= 15 is 0 Å². The number of primary amides is 1. The smallest absolute Gasteiger partial charge is 0.220 e. The third-order valence-electron chi connectivity index (χ3n) is 5.33. The van der Waals surface area contributed by atoms with Crippen LogP contribution in [0.1, 0.15) is 30.3 Å². The minimum Gasteiger partial charge on any atom is -0.493 e. The van der Waals surface area contributed by atoms with Crippen LogP contribution in [-0.2, 0) is 16.1 Å². The SMILES string of the molecule is COCCn1nnnc1C(c1ccc(OC)c(OC)c1)N1CCC(C(N)=O)CC1. The van der Waals surface area contributed by atoms with Crippen LogP contribution in [0.15, 0.2) is 18.2 Å². The number of hydrogen-bond acceptors (Lipinski definition) is 8. The molecular weight excluding hydrogens is 376 g/mol. The van der Waals surface area contributed by atoms with Crippen LogP contribution in [-0.4, -0.2) is 72.0 Å². The molecule has 0 spiro atoms. The fourth-order valence-electron chi connectivity index (χ4n) is 3.73. The van der Waals surface area contributed by atoms with E-state index < -0.39 is 0 Å². The lowest BCUT2D eigenvalue weighted by molar-refractivity contribution is -0.123. The molecule has 2 heterocycles. The van der Waals surface area contributed by atoms with E-state index in [0.717, 1.165) is 5.56 Å². The van der Waals surface area contributed by atoms with Crippen molar-refractivity contribution in [3.63, 3.8) is 0 Å². The Hall–Kier alpha value is -2.72. The highest BCUT2D eigenvalue weighted by atomic mass is 16.5. The molecule has 2 aromatic rings. The zero-order chi connectivity index (χ0) is 20.8. The molecule has 0 bridgehead atoms. The van der Waals surface area contributed by atoms with Crippen molar-refractivity contribution < 1.29 is 19.0 Å². The number of carbonyl (C=O) groups is 1. The van der Waals surface area contributed by atoms with Gasteiger partial charge in [0.15, 0.2) is 17.3 Å². The number of carbonyl (C=O) groups excluding carboxylic acids is 1. The van der Waals surface area contributed by atoms with E-state index in [2.05, 4.69) is 20.4 Å². The van der Waals surface area contributed by atoms with E-state index in [9.17, 15) is 4.79 Å². The average molecular weight is 404 g/mol. The third-order valence-corrected chi connectivity index (χ3v) is 5.33. The summed E-state index contributed by atoms with van der Waals surface area (Å²) in [6.07, 6.45) is 1.41. The number of likely N-dealkylation sites (tertiary alicyclic amines) is 1. The number of piperidine rings is 1. The summed E-state index contributed by atoms with van der Waals surface area (Å²) in [6.45, 7) is 2.47. The summed E-state index contributed by atoms with van der Waals surface area (Å²) in [5, 5.41) is 12.3.